The van der Waals surface area contributed by atoms with Gasteiger partial charge in [0.05, 0.1) is 22.8 Å². The lowest BCUT2D eigenvalue weighted by molar-refractivity contribution is 0.254. The molecule has 0 saturated carbocycles. The van der Waals surface area contributed by atoms with Gasteiger partial charge in [0.15, 0.2) is 5.82 Å². The molecule has 1 aliphatic rings. The Bertz CT molecular complexity index is 512. The highest BCUT2D eigenvalue weighted by molar-refractivity contribution is 9.10. The van der Waals surface area contributed by atoms with Crippen molar-refractivity contribution in [3.8, 4) is 0 Å². The number of hydrogen-bond donors (Lipinski definition) is 2. The average molecular weight is 361 g/mol. The number of halogens is 2. The molecule has 2 rings (SSSR count). The summed E-state index contributed by atoms with van der Waals surface area (Å²) in [5, 5.41) is 9.53. The van der Waals surface area contributed by atoms with Crippen LogP contribution in [0.5, 0.6) is 0 Å². The van der Waals surface area contributed by atoms with Gasteiger partial charge >= 0.3 is 0 Å². The Morgan fingerprint density at radius 1 is 1.45 bits per heavy atom. The SMILES string of the molecule is NC(=S)c1ccc(N2CCCCCC2CO)c(F)c1Br. The lowest BCUT2D eigenvalue weighted by atomic mass is 10.1. The monoisotopic (exact) mass is 360 g/mol. The summed E-state index contributed by atoms with van der Waals surface area (Å²) in [6.45, 7) is 0.787. The van der Waals surface area contributed by atoms with Gasteiger partial charge in [-0.05, 0) is 40.9 Å². The Hall–Kier alpha value is -0.720. The molecule has 20 heavy (non-hydrogen) atoms. The van der Waals surface area contributed by atoms with E-state index in [0.717, 1.165) is 32.2 Å². The molecule has 0 bridgehead atoms. The summed E-state index contributed by atoms with van der Waals surface area (Å²) in [7, 11) is 0. The molecule has 1 unspecified atom stereocenters. The molecule has 3 nitrogen and oxygen atoms in total. The zero-order valence-corrected chi connectivity index (χ0v) is 13.5. The number of anilines is 1. The van der Waals surface area contributed by atoms with Crippen LogP contribution < -0.4 is 10.6 Å². The van der Waals surface area contributed by atoms with Crippen LogP contribution in [-0.2, 0) is 0 Å². The van der Waals surface area contributed by atoms with E-state index >= 15 is 0 Å². The fourth-order valence-corrected chi connectivity index (χ4v) is 3.49. The molecule has 6 heteroatoms. The van der Waals surface area contributed by atoms with Gasteiger partial charge in [-0.25, -0.2) is 4.39 Å². The van der Waals surface area contributed by atoms with Crippen molar-refractivity contribution >= 4 is 38.8 Å². The van der Waals surface area contributed by atoms with Gasteiger partial charge in [0, 0.05) is 12.1 Å². The standard InChI is InChI=1S/C14H18BrFN2OS/c15-12-10(14(17)20)5-6-11(13(12)16)18-7-3-1-2-4-9(18)8-19/h5-6,9,19H,1-4,7-8H2,(H2,17,20). The van der Waals surface area contributed by atoms with Crippen molar-refractivity contribution in [3.05, 3.63) is 28.0 Å². The van der Waals surface area contributed by atoms with Crippen molar-refractivity contribution in [3.63, 3.8) is 0 Å². The van der Waals surface area contributed by atoms with Crippen LogP contribution in [0, 0.1) is 5.82 Å². The highest BCUT2D eigenvalue weighted by Crippen LogP contribution is 2.32. The number of thiocarbonyl (C=S) groups is 1. The number of hydrogen-bond acceptors (Lipinski definition) is 3. The number of rotatable bonds is 3. The topological polar surface area (TPSA) is 49.5 Å². The molecule has 3 N–H and O–H groups in total. The van der Waals surface area contributed by atoms with Crippen molar-refractivity contribution in [1.29, 1.82) is 0 Å². The summed E-state index contributed by atoms with van der Waals surface area (Å²) in [5.74, 6) is -0.365. The third kappa shape index (κ3) is 3.13. The molecule has 110 valence electrons. The summed E-state index contributed by atoms with van der Waals surface area (Å²) in [6.07, 6.45) is 4.06. The molecule has 1 heterocycles. The van der Waals surface area contributed by atoms with E-state index in [-0.39, 0.29) is 23.5 Å². The van der Waals surface area contributed by atoms with Crippen LogP contribution in [0.2, 0.25) is 0 Å². The molecule has 1 aromatic rings. The summed E-state index contributed by atoms with van der Waals surface area (Å²) in [4.78, 5) is 2.12. The van der Waals surface area contributed by atoms with Crippen molar-refractivity contribution in [1.82, 2.24) is 0 Å². The minimum atomic E-state index is -0.365. The summed E-state index contributed by atoms with van der Waals surface area (Å²) >= 11 is 8.13. The first kappa shape index (κ1) is 15.7. The molecule has 1 fully saturated rings. The normalized spacial score (nSPS) is 19.8. The van der Waals surface area contributed by atoms with Crippen molar-refractivity contribution in [2.24, 2.45) is 5.73 Å². The first-order valence-electron chi connectivity index (χ1n) is 6.71. The van der Waals surface area contributed by atoms with E-state index in [9.17, 15) is 9.50 Å². The third-order valence-electron chi connectivity index (χ3n) is 3.72. The molecule has 0 radical (unpaired) electrons. The zero-order valence-electron chi connectivity index (χ0n) is 11.1. The van der Waals surface area contributed by atoms with Gasteiger partial charge in [0.25, 0.3) is 0 Å². The van der Waals surface area contributed by atoms with Gasteiger partial charge in [0.1, 0.15) is 4.99 Å². The number of aliphatic hydroxyl groups excluding tert-OH is 1. The largest absolute Gasteiger partial charge is 0.394 e. The maximum absolute atomic E-state index is 14.6. The second-order valence-corrected chi connectivity index (χ2v) is 6.24. The van der Waals surface area contributed by atoms with Gasteiger partial charge in [0.2, 0.25) is 0 Å². The van der Waals surface area contributed by atoms with Gasteiger partial charge in [-0.15, -0.1) is 0 Å². The van der Waals surface area contributed by atoms with Gasteiger partial charge in [-0.2, -0.15) is 0 Å². The summed E-state index contributed by atoms with van der Waals surface area (Å²) in [6, 6.07) is 3.39. The second-order valence-electron chi connectivity index (χ2n) is 5.00. The number of benzene rings is 1. The molecule has 1 saturated heterocycles. The predicted molar refractivity (Wildman–Crippen MR) is 86.7 cm³/mol. The van der Waals surface area contributed by atoms with E-state index in [1.54, 1.807) is 12.1 Å². The van der Waals surface area contributed by atoms with Crippen molar-refractivity contribution in [2.45, 2.75) is 31.7 Å². The Morgan fingerprint density at radius 2 is 2.20 bits per heavy atom. The molecule has 1 aliphatic heterocycles. The number of nitrogens with two attached hydrogens (primary N) is 1. The Kier molecular flexibility index (Phi) is 5.35. The molecule has 0 aromatic heterocycles. The molecule has 1 atom stereocenters. The van der Waals surface area contributed by atoms with Gasteiger partial charge in [-0.3, -0.25) is 0 Å². The van der Waals surface area contributed by atoms with E-state index in [1.165, 1.54) is 0 Å². The van der Waals surface area contributed by atoms with Crippen molar-refractivity contribution in [2.75, 3.05) is 18.1 Å². The van der Waals surface area contributed by atoms with Crippen LogP contribution >= 0.6 is 28.1 Å². The van der Waals surface area contributed by atoms with Gasteiger partial charge in [-0.1, -0.05) is 25.1 Å². The highest BCUT2D eigenvalue weighted by atomic mass is 79.9. The molecule has 0 aliphatic carbocycles. The van der Waals surface area contributed by atoms with Crippen LogP contribution in [0.25, 0.3) is 0 Å². The van der Waals surface area contributed by atoms with Crippen molar-refractivity contribution < 1.29 is 9.50 Å². The summed E-state index contributed by atoms with van der Waals surface area (Å²) < 4.78 is 14.9. The maximum Gasteiger partial charge on any atom is 0.161 e. The predicted octanol–water partition coefficient (Wildman–Crippen LogP) is 2.96. The quantitative estimate of drug-likeness (QED) is 0.813. The average Bonchev–Trinajstić information content (AvgIpc) is 2.66. The Labute approximate surface area is 132 Å². The second kappa shape index (κ2) is 6.83. The Balaban J connectivity index is 2.40. The van der Waals surface area contributed by atoms with Crippen LogP contribution in [0.3, 0.4) is 0 Å². The fraction of sp³-hybridized carbons (Fsp3) is 0.500. The molecule has 1 aromatic carbocycles. The lowest BCUT2D eigenvalue weighted by Crippen LogP contribution is -2.38. The van der Waals surface area contributed by atoms with E-state index < -0.39 is 0 Å². The maximum atomic E-state index is 14.6. The first-order valence-corrected chi connectivity index (χ1v) is 7.91. The van der Waals surface area contributed by atoms with E-state index in [2.05, 4.69) is 15.9 Å². The Morgan fingerprint density at radius 3 is 2.85 bits per heavy atom. The minimum Gasteiger partial charge on any atom is -0.394 e. The van der Waals surface area contributed by atoms with Crippen LogP contribution in [0.4, 0.5) is 10.1 Å². The summed E-state index contributed by atoms with van der Waals surface area (Å²) in [5.41, 5.74) is 6.57. The molecular formula is C14H18BrFN2OS. The number of aliphatic hydroxyl groups is 1. The van der Waals surface area contributed by atoms with E-state index in [4.69, 9.17) is 18.0 Å². The molecule has 0 amide bonds. The highest BCUT2D eigenvalue weighted by Gasteiger charge is 2.24. The first-order chi connectivity index (χ1) is 9.56. The molecule has 0 spiro atoms. The third-order valence-corrected chi connectivity index (χ3v) is 4.72. The lowest BCUT2D eigenvalue weighted by Gasteiger charge is -2.31. The van der Waals surface area contributed by atoms with Crippen LogP contribution in [0.1, 0.15) is 31.2 Å². The van der Waals surface area contributed by atoms with Gasteiger partial charge < -0.3 is 15.7 Å². The van der Waals surface area contributed by atoms with Crippen LogP contribution in [0.15, 0.2) is 16.6 Å². The smallest absolute Gasteiger partial charge is 0.161 e. The van der Waals surface area contributed by atoms with E-state index in [1.807, 2.05) is 4.90 Å². The van der Waals surface area contributed by atoms with E-state index in [0.29, 0.717) is 15.7 Å². The number of nitrogens with zero attached hydrogens (tertiary/aromatic N) is 1. The molecular weight excluding hydrogens is 343 g/mol. The van der Waals surface area contributed by atoms with Crippen LogP contribution in [-0.4, -0.2) is 29.3 Å². The minimum absolute atomic E-state index is 0.0328. The fourth-order valence-electron chi connectivity index (χ4n) is 2.64. The zero-order chi connectivity index (χ0) is 14.7.